The van der Waals surface area contributed by atoms with Gasteiger partial charge < -0.3 is 4.74 Å². The van der Waals surface area contributed by atoms with E-state index in [0.29, 0.717) is 16.2 Å². The van der Waals surface area contributed by atoms with Crippen molar-refractivity contribution in [3.8, 4) is 0 Å². The molecule has 0 amide bonds. The molecule has 15 heavy (non-hydrogen) atoms. The number of fused-ring (bicyclic) bond motifs is 1. The van der Waals surface area contributed by atoms with E-state index in [-0.39, 0.29) is 0 Å². The Morgan fingerprint density at radius 2 is 2.40 bits per heavy atom. The summed E-state index contributed by atoms with van der Waals surface area (Å²) in [5.74, 6) is -0.479. The number of ether oxygens (including phenoxy) is 1. The molecule has 0 spiro atoms. The van der Waals surface area contributed by atoms with Crippen molar-refractivity contribution in [2.24, 2.45) is 0 Å². The summed E-state index contributed by atoms with van der Waals surface area (Å²) in [5, 5.41) is 0.344. The monoisotopic (exact) mass is 336 g/mol. The predicted octanol–water partition coefficient (Wildman–Crippen LogP) is 2.38. The molecule has 0 aliphatic rings. The van der Waals surface area contributed by atoms with Crippen LogP contribution >= 0.6 is 34.2 Å². The van der Waals surface area contributed by atoms with Crippen molar-refractivity contribution < 1.29 is 9.53 Å². The summed E-state index contributed by atoms with van der Waals surface area (Å²) in [6.07, 6.45) is 3.43. The summed E-state index contributed by atoms with van der Waals surface area (Å²) in [7, 11) is 1.32. The molecule has 0 saturated heterocycles. The van der Waals surface area contributed by atoms with Gasteiger partial charge in [-0.1, -0.05) is 11.6 Å². The van der Waals surface area contributed by atoms with Crippen LogP contribution in [-0.2, 0) is 4.74 Å². The third-order valence-electron chi connectivity index (χ3n) is 1.97. The smallest absolute Gasteiger partial charge is 0.343 e. The molecule has 0 saturated carbocycles. The largest absolute Gasteiger partial charge is 0.465 e. The molecule has 0 atom stereocenters. The summed E-state index contributed by atoms with van der Waals surface area (Å²) in [4.78, 5) is 15.6. The number of imidazole rings is 1. The Bertz CT molecular complexity index is 538. The predicted molar refractivity (Wildman–Crippen MR) is 64.3 cm³/mol. The molecule has 0 radical (unpaired) electrons. The lowest BCUT2D eigenvalue weighted by Crippen LogP contribution is -2.05. The minimum Gasteiger partial charge on any atom is -0.465 e. The van der Waals surface area contributed by atoms with Crippen molar-refractivity contribution in [3.05, 3.63) is 32.7 Å². The van der Waals surface area contributed by atoms with E-state index in [1.54, 1.807) is 22.9 Å². The molecular formula is C9H6ClIN2O2. The quantitative estimate of drug-likeness (QED) is 0.593. The maximum Gasteiger partial charge on any atom is 0.343 e. The number of hydrogen-bond donors (Lipinski definition) is 0. The Kier molecular flexibility index (Phi) is 2.83. The van der Waals surface area contributed by atoms with E-state index in [1.165, 1.54) is 7.11 Å². The second-order valence-corrected chi connectivity index (χ2v) is 4.32. The van der Waals surface area contributed by atoms with Gasteiger partial charge >= 0.3 is 5.97 Å². The van der Waals surface area contributed by atoms with Gasteiger partial charge in [-0.05, 0) is 28.7 Å². The summed E-state index contributed by atoms with van der Waals surface area (Å²) >= 11 is 8.05. The normalized spacial score (nSPS) is 10.6. The van der Waals surface area contributed by atoms with Crippen molar-refractivity contribution in [1.29, 1.82) is 0 Å². The van der Waals surface area contributed by atoms with Crippen LogP contribution < -0.4 is 0 Å². The van der Waals surface area contributed by atoms with Gasteiger partial charge in [0.25, 0.3) is 0 Å². The van der Waals surface area contributed by atoms with Gasteiger partial charge in [-0.2, -0.15) is 0 Å². The molecule has 2 heterocycles. The number of carbonyl (C=O) groups is 1. The average molecular weight is 337 g/mol. The fourth-order valence-electron chi connectivity index (χ4n) is 1.29. The van der Waals surface area contributed by atoms with Crippen LogP contribution in [0.25, 0.3) is 5.65 Å². The van der Waals surface area contributed by atoms with Crippen LogP contribution in [0, 0.1) is 3.70 Å². The number of carbonyl (C=O) groups excluding carboxylic acids is 1. The Hall–Kier alpha value is -0.820. The summed E-state index contributed by atoms with van der Waals surface area (Å²) in [5.41, 5.74) is 0.809. The molecule has 0 aliphatic heterocycles. The van der Waals surface area contributed by atoms with Crippen LogP contribution in [0.1, 0.15) is 10.4 Å². The van der Waals surface area contributed by atoms with Crippen LogP contribution in [0.3, 0.4) is 0 Å². The fourth-order valence-corrected chi connectivity index (χ4v) is 2.03. The van der Waals surface area contributed by atoms with E-state index in [4.69, 9.17) is 11.6 Å². The first-order valence-corrected chi connectivity index (χ1v) is 5.50. The number of nitrogens with zero attached hydrogens (tertiary/aromatic N) is 2. The maximum atomic E-state index is 11.5. The van der Waals surface area contributed by atoms with Gasteiger partial charge in [0, 0.05) is 6.20 Å². The van der Waals surface area contributed by atoms with E-state index >= 15 is 0 Å². The van der Waals surface area contributed by atoms with Crippen LogP contribution in [0.5, 0.6) is 0 Å². The van der Waals surface area contributed by atoms with Gasteiger partial charge in [0.1, 0.15) is 9.26 Å². The molecular weight excluding hydrogens is 330 g/mol. The minimum absolute atomic E-state index is 0.296. The lowest BCUT2D eigenvalue weighted by molar-refractivity contribution is 0.0602. The highest BCUT2D eigenvalue weighted by atomic mass is 127. The van der Waals surface area contributed by atoms with Crippen molar-refractivity contribution in [2.75, 3.05) is 7.11 Å². The van der Waals surface area contributed by atoms with Crippen LogP contribution in [0.4, 0.5) is 0 Å². The number of hydrogen-bond acceptors (Lipinski definition) is 3. The molecule has 0 aromatic carbocycles. The fraction of sp³-hybridized carbons (Fsp3) is 0.111. The molecule has 0 bridgehead atoms. The molecule has 2 rings (SSSR count). The lowest BCUT2D eigenvalue weighted by Gasteiger charge is -2.04. The Morgan fingerprint density at radius 1 is 1.67 bits per heavy atom. The number of methoxy groups -OCH3 is 1. The highest BCUT2D eigenvalue weighted by Gasteiger charge is 2.17. The Balaban J connectivity index is 2.80. The van der Waals surface area contributed by atoms with E-state index in [9.17, 15) is 4.79 Å². The SMILES string of the molecule is COC(=O)c1c(Cl)ccn2c(I)cnc12. The first-order valence-electron chi connectivity index (χ1n) is 4.04. The Morgan fingerprint density at radius 3 is 3.07 bits per heavy atom. The number of rotatable bonds is 1. The van der Waals surface area contributed by atoms with E-state index in [1.807, 2.05) is 0 Å². The van der Waals surface area contributed by atoms with Gasteiger partial charge in [0.2, 0.25) is 0 Å². The molecule has 78 valence electrons. The van der Waals surface area contributed by atoms with Crippen molar-refractivity contribution in [1.82, 2.24) is 9.38 Å². The van der Waals surface area contributed by atoms with Gasteiger partial charge in [-0.3, -0.25) is 4.40 Å². The number of halogens is 2. The van der Waals surface area contributed by atoms with E-state index in [0.717, 1.165) is 3.70 Å². The molecule has 0 fully saturated rings. The summed E-state index contributed by atoms with van der Waals surface area (Å²) in [6.45, 7) is 0. The number of pyridine rings is 1. The molecule has 0 N–H and O–H groups in total. The highest BCUT2D eigenvalue weighted by molar-refractivity contribution is 14.1. The second kappa shape index (κ2) is 3.97. The van der Waals surface area contributed by atoms with E-state index < -0.39 is 5.97 Å². The molecule has 2 aromatic rings. The van der Waals surface area contributed by atoms with Crippen LogP contribution in [-0.4, -0.2) is 22.5 Å². The number of aromatic nitrogens is 2. The van der Waals surface area contributed by atoms with E-state index in [2.05, 4.69) is 32.3 Å². The third-order valence-corrected chi connectivity index (χ3v) is 3.09. The zero-order valence-electron chi connectivity index (χ0n) is 7.70. The zero-order valence-corrected chi connectivity index (χ0v) is 10.6. The maximum absolute atomic E-state index is 11.5. The second-order valence-electron chi connectivity index (χ2n) is 2.80. The van der Waals surface area contributed by atoms with Gasteiger partial charge in [-0.25, -0.2) is 9.78 Å². The third kappa shape index (κ3) is 1.69. The lowest BCUT2D eigenvalue weighted by atomic mass is 10.2. The van der Waals surface area contributed by atoms with Crippen molar-refractivity contribution in [2.45, 2.75) is 0 Å². The van der Waals surface area contributed by atoms with Gasteiger partial charge in [0.15, 0.2) is 5.65 Å². The molecule has 0 unspecified atom stereocenters. The van der Waals surface area contributed by atoms with Crippen molar-refractivity contribution in [3.63, 3.8) is 0 Å². The molecule has 2 aromatic heterocycles. The molecule has 4 nitrogen and oxygen atoms in total. The zero-order chi connectivity index (χ0) is 11.0. The summed E-state index contributed by atoms with van der Waals surface area (Å²) < 4.78 is 7.34. The first kappa shape index (κ1) is 10.7. The standard InChI is InChI=1S/C9H6ClIN2O2/c1-15-9(14)7-5(10)2-3-13-6(11)4-12-8(7)13/h2-4H,1H3. The van der Waals surface area contributed by atoms with Gasteiger partial charge in [-0.15, -0.1) is 0 Å². The van der Waals surface area contributed by atoms with Crippen LogP contribution in [0.15, 0.2) is 18.5 Å². The highest BCUT2D eigenvalue weighted by Crippen LogP contribution is 2.22. The first-order chi connectivity index (χ1) is 7.15. The van der Waals surface area contributed by atoms with Crippen LogP contribution in [0.2, 0.25) is 5.02 Å². The minimum atomic E-state index is -0.479. The summed E-state index contributed by atoms with van der Waals surface area (Å²) in [6, 6.07) is 1.64. The molecule has 0 aliphatic carbocycles. The number of esters is 1. The Labute approximate surface area is 104 Å². The van der Waals surface area contributed by atoms with Gasteiger partial charge in [0.05, 0.1) is 18.3 Å². The average Bonchev–Trinajstić information content (AvgIpc) is 2.59. The topological polar surface area (TPSA) is 43.6 Å². The van der Waals surface area contributed by atoms with Crippen molar-refractivity contribution >= 4 is 45.8 Å². The molecule has 6 heteroatoms.